The van der Waals surface area contributed by atoms with Crippen LogP contribution in [0.3, 0.4) is 0 Å². The Morgan fingerprint density at radius 2 is 1.85 bits per heavy atom. The van der Waals surface area contributed by atoms with Crippen molar-refractivity contribution in [2.75, 3.05) is 45.2 Å². The maximum absolute atomic E-state index is 12.6. The standard InChI is InChI=1S/C34H46F3N11O4/c1-22-18-47(19-23(2)51-22)29-9-7-28(8-10-29)42-17-30(32(41-4)49-11-12-50-34(35,36)37)45-33-43-15-27(16-44-33)25-5-6-26(14-38)31(13-25)52-24(3)20-48(21-39)46-40/h5-6,13,15-17,21-24,28-29,39-41H,7-12,18-20H2,1-4H3,(H,43,44,45)/b32-30-,39-21?,42-17?,46-40?/t22-,23+,24-,28?,29?/m0/s1. The molecule has 1 aliphatic heterocycles. The molecular weight excluding hydrogens is 683 g/mol. The van der Waals surface area contributed by atoms with E-state index in [0.29, 0.717) is 34.2 Å². The number of morpholine rings is 1. The van der Waals surface area contributed by atoms with E-state index < -0.39 is 19.1 Å². The van der Waals surface area contributed by atoms with E-state index in [1.54, 1.807) is 50.8 Å². The van der Waals surface area contributed by atoms with Crippen LogP contribution in [-0.2, 0) is 14.2 Å². The third-order valence-electron chi connectivity index (χ3n) is 8.50. The summed E-state index contributed by atoms with van der Waals surface area (Å²) in [5, 5.41) is 27.2. The number of aliphatic imine (C=N–C) groups is 1. The van der Waals surface area contributed by atoms with E-state index in [-0.39, 0.29) is 43.2 Å². The van der Waals surface area contributed by atoms with Crippen LogP contribution in [0.1, 0.15) is 52.0 Å². The summed E-state index contributed by atoms with van der Waals surface area (Å²) in [5.74, 6) is 0.617. The molecule has 0 unspecified atom stereocenters. The maximum atomic E-state index is 12.6. The molecule has 52 heavy (non-hydrogen) atoms. The Morgan fingerprint density at radius 3 is 2.44 bits per heavy atom. The molecule has 2 aromatic rings. The Bertz CT molecular complexity index is 1560. The van der Waals surface area contributed by atoms with E-state index in [9.17, 15) is 18.4 Å². The number of halogens is 3. The van der Waals surface area contributed by atoms with Gasteiger partial charge >= 0.3 is 6.36 Å². The molecule has 2 fully saturated rings. The lowest BCUT2D eigenvalue weighted by Gasteiger charge is -2.42. The van der Waals surface area contributed by atoms with Gasteiger partial charge in [-0.15, -0.1) is 13.2 Å². The van der Waals surface area contributed by atoms with Gasteiger partial charge in [0.05, 0.1) is 43.2 Å². The van der Waals surface area contributed by atoms with Crippen molar-refractivity contribution in [2.24, 2.45) is 10.2 Å². The first kappa shape index (κ1) is 39.9. The molecule has 0 spiro atoms. The van der Waals surface area contributed by atoms with Crippen molar-refractivity contribution in [2.45, 2.75) is 83.2 Å². The molecule has 18 heteroatoms. The van der Waals surface area contributed by atoms with Gasteiger partial charge in [0.15, 0.2) is 0 Å². The minimum Gasteiger partial charge on any atom is -0.487 e. The van der Waals surface area contributed by atoms with Gasteiger partial charge < -0.3 is 24.8 Å². The Balaban J connectivity index is 1.48. The number of hydrogen-bond acceptors (Lipinski definition) is 14. The number of aromatic nitrogens is 2. The fourth-order valence-electron chi connectivity index (χ4n) is 6.20. The first-order valence-electron chi connectivity index (χ1n) is 17.0. The van der Waals surface area contributed by atoms with Gasteiger partial charge in [0.1, 0.15) is 36.6 Å². The lowest BCUT2D eigenvalue weighted by atomic mass is 9.90. The van der Waals surface area contributed by atoms with Crippen LogP contribution in [0.4, 0.5) is 19.1 Å². The third kappa shape index (κ3) is 12.1. The summed E-state index contributed by atoms with van der Waals surface area (Å²) in [6.45, 7) is 6.80. The fourth-order valence-corrected chi connectivity index (χ4v) is 6.20. The zero-order valence-electron chi connectivity index (χ0n) is 29.7. The van der Waals surface area contributed by atoms with Crippen LogP contribution >= 0.6 is 0 Å². The van der Waals surface area contributed by atoms with E-state index in [0.717, 1.165) is 50.1 Å². The van der Waals surface area contributed by atoms with Gasteiger partial charge in [-0.05, 0) is 64.2 Å². The zero-order valence-corrected chi connectivity index (χ0v) is 29.7. The van der Waals surface area contributed by atoms with Gasteiger partial charge in [-0.25, -0.2) is 15.0 Å². The molecule has 1 saturated heterocycles. The minimum atomic E-state index is -4.78. The molecule has 4 N–H and O–H groups in total. The van der Waals surface area contributed by atoms with Gasteiger partial charge in [0.2, 0.25) is 11.8 Å². The van der Waals surface area contributed by atoms with Crippen LogP contribution in [0.5, 0.6) is 5.75 Å². The van der Waals surface area contributed by atoms with Crippen molar-refractivity contribution in [1.29, 1.82) is 16.2 Å². The SMILES string of the molecule is CN/C(OCCOC(F)(F)F)=C(\C=NC1CCC(N2C[C@@H](C)O[C@@H](C)C2)CC1)Nc1ncc(-c2ccc(C#N)c(O[C@@H](C)CN(C=N)N=N)c2)cn1. The molecule has 1 saturated carbocycles. The number of benzene rings is 1. The number of anilines is 1. The first-order chi connectivity index (χ1) is 24.9. The molecular formula is C34H46F3N11O4. The maximum Gasteiger partial charge on any atom is 0.522 e. The average molecular weight is 730 g/mol. The normalized spacial score (nSPS) is 22.1. The summed E-state index contributed by atoms with van der Waals surface area (Å²) in [4.78, 5) is 16.2. The van der Waals surface area contributed by atoms with Crippen molar-refractivity contribution in [1.82, 2.24) is 25.2 Å². The lowest BCUT2D eigenvalue weighted by Crippen LogP contribution is -2.51. The number of allylic oxidation sites excluding steroid dienone is 1. The molecule has 4 rings (SSSR count). The molecule has 282 valence electrons. The van der Waals surface area contributed by atoms with E-state index in [1.807, 2.05) is 0 Å². The monoisotopic (exact) mass is 729 g/mol. The van der Waals surface area contributed by atoms with Gasteiger partial charge in [-0.2, -0.15) is 10.8 Å². The highest BCUT2D eigenvalue weighted by molar-refractivity contribution is 5.83. The largest absolute Gasteiger partial charge is 0.522 e. The molecule has 1 aliphatic carbocycles. The summed E-state index contributed by atoms with van der Waals surface area (Å²) in [6.07, 6.45) is 4.50. The Kier molecular flexibility index (Phi) is 14.7. The number of hydrogen-bond donors (Lipinski definition) is 4. The van der Waals surface area contributed by atoms with Crippen LogP contribution in [0.15, 0.2) is 52.4 Å². The zero-order chi connectivity index (χ0) is 37.7. The molecule has 1 aromatic heterocycles. The summed E-state index contributed by atoms with van der Waals surface area (Å²) in [5.41, 5.74) is 9.04. The minimum absolute atomic E-state index is 0.0453. The average Bonchev–Trinajstić information content (AvgIpc) is 3.12. The molecule has 3 atom stereocenters. The molecule has 0 radical (unpaired) electrons. The second-order valence-electron chi connectivity index (χ2n) is 12.6. The number of rotatable bonds is 17. The predicted octanol–water partition coefficient (Wildman–Crippen LogP) is 5.48. The predicted molar refractivity (Wildman–Crippen MR) is 187 cm³/mol. The molecule has 1 aromatic carbocycles. The van der Waals surface area contributed by atoms with Crippen LogP contribution in [0.25, 0.3) is 11.1 Å². The van der Waals surface area contributed by atoms with Crippen molar-refractivity contribution >= 4 is 18.5 Å². The van der Waals surface area contributed by atoms with Crippen molar-refractivity contribution in [3.63, 3.8) is 0 Å². The highest BCUT2D eigenvalue weighted by atomic mass is 19.4. The third-order valence-corrected chi connectivity index (χ3v) is 8.50. The Labute approximate surface area is 301 Å². The Morgan fingerprint density at radius 1 is 1.15 bits per heavy atom. The highest BCUT2D eigenvalue weighted by Gasteiger charge is 2.31. The summed E-state index contributed by atoms with van der Waals surface area (Å²) >= 11 is 0. The topological polar surface area (TPSA) is 189 Å². The molecule has 2 heterocycles. The molecule has 15 nitrogen and oxygen atoms in total. The second kappa shape index (κ2) is 19.1. The molecule has 2 aliphatic rings. The fraction of sp³-hybridized carbons (Fsp3) is 0.559. The van der Waals surface area contributed by atoms with Gasteiger partial charge in [-0.1, -0.05) is 11.3 Å². The number of nitrogens with one attached hydrogen (secondary N) is 4. The molecule has 0 amide bonds. The van der Waals surface area contributed by atoms with Gasteiger partial charge in [-0.3, -0.25) is 20.0 Å². The number of alkyl halides is 3. The number of ether oxygens (including phenoxy) is 4. The molecule has 0 bridgehead atoms. The summed E-state index contributed by atoms with van der Waals surface area (Å²) < 4.78 is 59.0. The smallest absolute Gasteiger partial charge is 0.487 e. The van der Waals surface area contributed by atoms with Crippen LogP contribution in [0, 0.1) is 22.3 Å². The first-order valence-corrected chi connectivity index (χ1v) is 17.0. The lowest BCUT2D eigenvalue weighted by molar-refractivity contribution is -0.326. The van der Waals surface area contributed by atoms with Gasteiger partial charge in [0, 0.05) is 44.1 Å². The van der Waals surface area contributed by atoms with E-state index in [4.69, 9.17) is 30.1 Å². The van der Waals surface area contributed by atoms with Crippen molar-refractivity contribution < 1.29 is 32.1 Å². The Hall–Kier alpha value is -4.86. The number of nitriles is 1. The van der Waals surface area contributed by atoms with E-state index >= 15 is 0 Å². The number of nitrogens with zero attached hydrogens (tertiary/aromatic N) is 7. The van der Waals surface area contributed by atoms with Crippen molar-refractivity contribution in [3.8, 4) is 22.9 Å². The van der Waals surface area contributed by atoms with Gasteiger partial charge in [0.25, 0.3) is 0 Å². The highest BCUT2D eigenvalue weighted by Crippen LogP contribution is 2.29. The van der Waals surface area contributed by atoms with E-state index in [2.05, 4.69) is 55.4 Å². The second-order valence-corrected chi connectivity index (χ2v) is 12.6. The quantitative estimate of drug-likeness (QED) is 0.0403. The van der Waals surface area contributed by atoms with Crippen LogP contribution < -0.4 is 15.4 Å². The van der Waals surface area contributed by atoms with Crippen LogP contribution in [0.2, 0.25) is 0 Å². The van der Waals surface area contributed by atoms with Crippen molar-refractivity contribution in [3.05, 3.63) is 47.7 Å². The summed E-state index contributed by atoms with van der Waals surface area (Å²) in [6, 6.07) is 7.63. The van der Waals surface area contributed by atoms with E-state index in [1.165, 1.54) is 0 Å². The van der Waals surface area contributed by atoms with Crippen LogP contribution in [-0.4, -0.2) is 109 Å². The summed E-state index contributed by atoms with van der Waals surface area (Å²) in [7, 11) is 1.57.